The molecule has 1 rings (SSSR count). The van der Waals surface area contributed by atoms with Crippen molar-refractivity contribution in [3.8, 4) is 0 Å². The fourth-order valence-electron chi connectivity index (χ4n) is 2.09. The largest absolute Gasteiger partial charge is 0.480 e. The quantitative estimate of drug-likeness (QED) is 0.766. The van der Waals surface area contributed by atoms with E-state index in [0.717, 1.165) is 19.4 Å². The molecule has 2 N–H and O–H groups in total. The van der Waals surface area contributed by atoms with Gasteiger partial charge in [-0.15, -0.1) is 0 Å². The SMILES string of the molecule is CC(C)(C)N(CC(=O)O)C(=O)CC1CCCN1. The normalized spacial score (nSPS) is 20.3. The zero-order chi connectivity index (χ0) is 13.1. The van der Waals surface area contributed by atoms with Crippen LogP contribution in [0, 0.1) is 0 Å². The number of carbonyl (C=O) groups excluding carboxylic acids is 1. The second kappa shape index (κ2) is 5.49. The van der Waals surface area contributed by atoms with E-state index in [9.17, 15) is 9.59 Å². The van der Waals surface area contributed by atoms with Crippen LogP contribution >= 0.6 is 0 Å². The molecule has 1 amide bonds. The average Bonchev–Trinajstić information content (AvgIpc) is 2.64. The van der Waals surface area contributed by atoms with Crippen molar-refractivity contribution in [3.05, 3.63) is 0 Å². The predicted molar refractivity (Wildman–Crippen MR) is 64.7 cm³/mol. The summed E-state index contributed by atoms with van der Waals surface area (Å²) in [7, 11) is 0. The first-order valence-corrected chi connectivity index (χ1v) is 6.06. The van der Waals surface area contributed by atoms with Gasteiger partial charge in [0.2, 0.25) is 5.91 Å². The number of rotatable bonds is 4. The minimum absolute atomic E-state index is 0.0840. The topological polar surface area (TPSA) is 69.6 Å². The maximum absolute atomic E-state index is 12.1. The van der Waals surface area contributed by atoms with Crippen molar-refractivity contribution in [2.24, 2.45) is 0 Å². The third-order valence-corrected chi connectivity index (χ3v) is 2.99. The molecule has 0 saturated carbocycles. The average molecular weight is 242 g/mol. The Morgan fingerprint density at radius 2 is 2.06 bits per heavy atom. The molecule has 0 radical (unpaired) electrons. The van der Waals surface area contributed by atoms with Gasteiger partial charge in [0, 0.05) is 18.0 Å². The summed E-state index contributed by atoms with van der Waals surface area (Å²) in [6, 6.07) is 0.209. The van der Waals surface area contributed by atoms with Gasteiger partial charge >= 0.3 is 5.97 Å². The molecule has 0 aromatic rings. The summed E-state index contributed by atoms with van der Waals surface area (Å²) in [6.07, 6.45) is 2.48. The van der Waals surface area contributed by atoms with Crippen LogP contribution in [0.2, 0.25) is 0 Å². The first kappa shape index (κ1) is 14.0. The Morgan fingerprint density at radius 3 is 2.47 bits per heavy atom. The lowest BCUT2D eigenvalue weighted by Crippen LogP contribution is -2.49. The number of nitrogens with zero attached hydrogens (tertiary/aromatic N) is 1. The molecule has 1 fully saturated rings. The number of carboxylic acids is 1. The summed E-state index contributed by atoms with van der Waals surface area (Å²) in [4.78, 5) is 24.3. The van der Waals surface area contributed by atoms with Crippen molar-refractivity contribution in [2.45, 2.75) is 51.6 Å². The van der Waals surface area contributed by atoms with E-state index in [0.29, 0.717) is 6.42 Å². The first-order valence-electron chi connectivity index (χ1n) is 6.06. The van der Waals surface area contributed by atoms with Gasteiger partial charge in [-0.2, -0.15) is 0 Å². The van der Waals surface area contributed by atoms with Crippen molar-refractivity contribution >= 4 is 11.9 Å². The van der Waals surface area contributed by atoms with Crippen LogP contribution in [-0.2, 0) is 9.59 Å². The molecule has 1 aliphatic heterocycles. The van der Waals surface area contributed by atoms with Crippen LogP contribution in [0.4, 0.5) is 0 Å². The number of hydrogen-bond donors (Lipinski definition) is 2. The van der Waals surface area contributed by atoms with E-state index in [1.54, 1.807) is 0 Å². The Morgan fingerprint density at radius 1 is 1.41 bits per heavy atom. The molecule has 1 atom stereocenters. The van der Waals surface area contributed by atoms with Gasteiger partial charge in [0.05, 0.1) is 0 Å². The molecule has 0 aromatic carbocycles. The minimum Gasteiger partial charge on any atom is -0.480 e. The highest BCUT2D eigenvalue weighted by molar-refractivity contribution is 5.82. The zero-order valence-electron chi connectivity index (χ0n) is 10.8. The van der Waals surface area contributed by atoms with Crippen molar-refractivity contribution < 1.29 is 14.7 Å². The highest BCUT2D eigenvalue weighted by atomic mass is 16.4. The van der Waals surface area contributed by atoms with E-state index in [1.807, 2.05) is 20.8 Å². The fourth-order valence-corrected chi connectivity index (χ4v) is 2.09. The lowest BCUT2D eigenvalue weighted by molar-refractivity contribution is -0.148. The second-order valence-electron chi connectivity index (χ2n) is 5.54. The van der Waals surface area contributed by atoms with Crippen LogP contribution in [0.3, 0.4) is 0 Å². The molecule has 0 bridgehead atoms. The Kier molecular flexibility index (Phi) is 4.51. The third kappa shape index (κ3) is 4.34. The van der Waals surface area contributed by atoms with Gasteiger partial charge in [0.25, 0.3) is 0 Å². The molecular formula is C12H22N2O3. The van der Waals surface area contributed by atoms with Gasteiger partial charge in [0.1, 0.15) is 6.54 Å². The molecular weight excluding hydrogens is 220 g/mol. The van der Waals surface area contributed by atoms with Gasteiger partial charge in [-0.3, -0.25) is 9.59 Å². The predicted octanol–water partition coefficient (Wildman–Crippen LogP) is 0.840. The summed E-state index contributed by atoms with van der Waals surface area (Å²) in [5.41, 5.74) is -0.450. The first-order chi connectivity index (χ1) is 7.80. The fraction of sp³-hybridized carbons (Fsp3) is 0.833. The Balaban J connectivity index is 2.61. The molecule has 0 spiro atoms. The molecule has 1 saturated heterocycles. The molecule has 1 aliphatic rings. The molecule has 1 heterocycles. The number of nitrogens with one attached hydrogen (secondary N) is 1. The number of carbonyl (C=O) groups is 2. The monoisotopic (exact) mass is 242 g/mol. The standard InChI is InChI=1S/C12H22N2O3/c1-12(2,3)14(8-11(16)17)10(15)7-9-5-4-6-13-9/h9,13H,4-8H2,1-3H3,(H,16,17). The molecule has 0 aromatic heterocycles. The lowest BCUT2D eigenvalue weighted by Gasteiger charge is -2.35. The summed E-state index contributed by atoms with van der Waals surface area (Å²) in [5.74, 6) is -1.05. The maximum atomic E-state index is 12.1. The smallest absolute Gasteiger partial charge is 0.323 e. The van der Waals surface area contributed by atoms with Gasteiger partial charge in [-0.05, 0) is 40.2 Å². The molecule has 5 nitrogen and oxygen atoms in total. The molecule has 0 aliphatic carbocycles. The van der Waals surface area contributed by atoms with Gasteiger partial charge in [0.15, 0.2) is 0 Å². The van der Waals surface area contributed by atoms with Crippen molar-refractivity contribution in [3.63, 3.8) is 0 Å². The third-order valence-electron chi connectivity index (χ3n) is 2.99. The number of amides is 1. The molecule has 5 heteroatoms. The van der Waals surface area contributed by atoms with Crippen LogP contribution in [0.5, 0.6) is 0 Å². The number of hydrogen-bond acceptors (Lipinski definition) is 3. The lowest BCUT2D eigenvalue weighted by atomic mass is 10.0. The Bertz CT molecular complexity index is 291. The van der Waals surface area contributed by atoms with E-state index in [-0.39, 0.29) is 18.5 Å². The second-order valence-corrected chi connectivity index (χ2v) is 5.54. The van der Waals surface area contributed by atoms with E-state index in [4.69, 9.17) is 5.11 Å². The summed E-state index contributed by atoms with van der Waals surface area (Å²) < 4.78 is 0. The van der Waals surface area contributed by atoms with E-state index >= 15 is 0 Å². The van der Waals surface area contributed by atoms with Gasteiger partial charge in [-0.25, -0.2) is 0 Å². The number of carboxylic acid groups (broad SMARTS) is 1. The van der Waals surface area contributed by atoms with Crippen LogP contribution in [0.25, 0.3) is 0 Å². The zero-order valence-corrected chi connectivity index (χ0v) is 10.8. The Labute approximate surface area is 102 Å². The van der Waals surface area contributed by atoms with Crippen LogP contribution < -0.4 is 5.32 Å². The highest BCUT2D eigenvalue weighted by Crippen LogP contribution is 2.17. The Hall–Kier alpha value is -1.10. The van der Waals surface area contributed by atoms with Crippen molar-refractivity contribution in [2.75, 3.05) is 13.1 Å². The van der Waals surface area contributed by atoms with Gasteiger partial charge < -0.3 is 15.3 Å². The van der Waals surface area contributed by atoms with Gasteiger partial charge in [-0.1, -0.05) is 0 Å². The van der Waals surface area contributed by atoms with Crippen molar-refractivity contribution in [1.29, 1.82) is 0 Å². The van der Waals surface area contributed by atoms with Crippen molar-refractivity contribution in [1.82, 2.24) is 10.2 Å². The highest BCUT2D eigenvalue weighted by Gasteiger charge is 2.30. The molecule has 98 valence electrons. The minimum atomic E-state index is -0.965. The van der Waals surface area contributed by atoms with Crippen LogP contribution in [0.15, 0.2) is 0 Å². The van der Waals surface area contributed by atoms with E-state index in [1.165, 1.54) is 4.90 Å². The van der Waals surface area contributed by atoms with Crippen LogP contribution in [0.1, 0.15) is 40.0 Å². The van der Waals surface area contributed by atoms with E-state index in [2.05, 4.69) is 5.32 Å². The maximum Gasteiger partial charge on any atom is 0.323 e. The summed E-state index contributed by atoms with van der Waals surface area (Å²) >= 11 is 0. The summed E-state index contributed by atoms with van der Waals surface area (Å²) in [6.45, 7) is 6.29. The van der Waals surface area contributed by atoms with Crippen LogP contribution in [-0.4, -0.2) is 46.6 Å². The van der Waals surface area contributed by atoms with E-state index < -0.39 is 11.5 Å². The molecule has 17 heavy (non-hydrogen) atoms. The summed E-state index contributed by atoms with van der Waals surface area (Å²) in [5, 5.41) is 12.1. The number of aliphatic carboxylic acids is 1. The molecule has 1 unspecified atom stereocenters.